The Bertz CT molecular complexity index is 131. The molecule has 0 aliphatic carbocycles. The second-order valence-electron chi connectivity index (χ2n) is 2.03. The third-order valence-electron chi connectivity index (χ3n) is 1.08. The van der Waals surface area contributed by atoms with Gasteiger partial charge in [-0.1, -0.05) is 6.92 Å². The topological polar surface area (TPSA) is 23.1 Å². The monoisotopic (exact) mass is 220 g/mol. The van der Waals surface area contributed by atoms with Gasteiger partial charge in [-0.05, 0) is 0 Å². The van der Waals surface area contributed by atoms with Gasteiger partial charge >= 0.3 is 63.7 Å². The van der Waals surface area contributed by atoms with Gasteiger partial charge in [0.05, 0.1) is 5.60 Å². The van der Waals surface area contributed by atoms with E-state index in [0.717, 1.165) is 0 Å². The maximum atomic E-state index is 11.3. The number of rotatable bonds is 0. The average Bonchev–Trinajstić information content (AvgIpc) is 1.58. The molecule has 0 aliphatic heterocycles. The molecular weight excluding hydrogens is 217 g/mol. The van der Waals surface area contributed by atoms with Crippen molar-refractivity contribution in [3.63, 3.8) is 0 Å². The van der Waals surface area contributed by atoms with E-state index in [1.54, 1.807) is 0 Å². The summed E-state index contributed by atoms with van der Waals surface area (Å²) in [6.07, 6.45) is -11.6. The van der Waals surface area contributed by atoms with E-state index in [2.05, 4.69) is 0 Å². The molecule has 1 nitrogen and oxygen atoms in total. The normalized spacial score (nSPS) is 14.0. The summed E-state index contributed by atoms with van der Waals surface area (Å²) < 4.78 is 67.8. The Hall–Kier alpha value is 1.18. The maximum Gasteiger partial charge on any atom is 1.00 e. The minimum Gasteiger partial charge on any atom is -0.837 e. The van der Waals surface area contributed by atoms with Gasteiger partial charge in [-0.2, -0.15) is 26.3 Å². The van der Waals surface area contributed by atoms with Crippen molar-refractivity contribution in [2.24, 2.45) is 0 Å². The van der Waals surface area contributed by atoms with Crippen molar-refractivity contribution in [1.82, 2.24) is 0 Å². The summed E-state index contributed by atoms with van der Waals surface area (Å²) in [7, 11) is 0. The van der Waals surface area contributed by atoms with Crippen molar-refractivity contribution in [2.75, 3.05) is 0 Å². The SMILES string of the molecule is CC([O-])(C(F)(F)F)C(F)(F)F.[K+]. The minimum absolute atomic E-state index is 0. The summed E-state index contributed by atoms with van der Waals surface area (Å²) in [5.74, 6) is 0. The first-order chi connectivity index (χ1) is 4.50. The Kier molecular flexibility index (Phi) is 5.39. The fourth-order valence-corrected chi connectivity index (χ4v) is 0.161. The summed E-state index contributed by atoms with van der Waals surface area (Å²) in [5, 5.41) is 9.90. The first-order valence-corrected chi connectivity index (χ1v) is 2.34. The number of halogens is 6. The Morgan fingerprint density at radius 3 is 1.00 bits per heavy atom. The van der Waals surface area contributed by atoms with Crippen LogP contribution < -0.4 is 56.5 Å². The van der Waals surface area contributed by atoms with Crippen LogP contribution in [0.2, 0.25) is 0 Å². The molecule has 0 bridgehead atoms. The van der Waals surface area contributed by atoms with Gasteiger partial charge in [0.25, 0.3) is 0 Å². The van der Waals surface area contributed by atoms with Crippen LogP contribution >= 0.6 is 0 Å². The number of hydrogen-bond acceptors (Lipinski definition) is 1. The first-order valence-electron chi connectivity index (χ1n) is 2.34. The van der Waals surface area contributed by atoms with E-state index in [0.29, 0.717) is 0 Å². The van der Waals surface area contributed by atoms with Crippen LogP contribution in [0.5, 0.6) is 0 Å². The van der Waals surface area contributed by atoms with Crippen molar-refractivity contribution in [3.05, 3.63) is 0 Å². The molecule has 0 aromatic carbocycles. The van der Waals surface area contributed by atoms with Gasteiger partial charge in [-0.25, -0.2) is 0 Å². The predicted molar refractivity (Wildman–Crippen MR) is 20.5 cm³/mol. The molecule has 0 aromatic heterocycles. The Balaban J connectivity index is 0. The van der Waals surface area contributed by atoms with E-state index in [1.165, 1.54) is 0 Å². The maximum absolute atomic E-state index is 11.3. The first kappa shape index (κ1) is 15.6. The zero-order chi connectivity index (χ0) is 9.50. The van der Waals surface area contributed by atoms with Gasteiger partial charge in [0.15, 0.2) is 0 Å². The molecule has 0 amide bonds. The molecule has 8 heteroatoms. The molecule has 12 heavy (non-hydrogen) atoms. The van der Waals surface area contributed by atoms with Gasteiger partial charge in [0, 0.05) is 0 Å². The van der Waals surface area contributed by atoms with E-state index in [4.69, 9.17) is 0 Å². The molecule has 0 heterocycles. The van der Waals surface area contributed by atoms with Crippen molar-refractivity contribution < 1.29 is 82.8 Å². The van der Waals surface area contributed by atoms with Gasteiger partial charge in [-0.3, -0.25) is 0 Å². The Morgan fingerprint density at radius 1 is 0.833 bits per heavy atom. The zero-order valence-electron chi connectivity index (χ0n) is 6.18. The second-order valence-corrected chi connectivity index (χ2v) is 2.03. The minimum atomic E-state index is -5.80. The molecular formula is C4H3F6KO. The molecule has 0 fully saturated rings. The molecule has 0 rings (SSSR count). The molecule has 0 atom stereocenters. The smallest absolute Gasteiger partial charge is 0.837 e. The van der Waals surface area contributed by atoms with Crippen molar-refractivity contribution in [1.29, 1.82) is 0 Å². The fraction of sp³-hybridized carbons (Fsp3) is 1.00. The second kappa shape index (κ2) is 4.14. The molecule has 0 spiro atoms. The van der Waals surface area contributed by atoms with Crippen LogP contribution in [0, 0.1) is 0 Å². The summed E-state index contributed by atoms with van der Waals surface area (Å²) in [4.78, 5) is 0. The standard InChI is InChI=1S/C4H3F6O.K/c1-2(11,3(5,6)7)4(8,9)10;/h1H3;/q-1;+1. The van der Waals surface area contributed by atoms with E-state index in [9.17, 15) is 31.4 Å². The average molecular weight is 220 g/mol. The molecule has 0 aliphatic rings. The quantitative estimate of drug-likeness (QED) is 0.350. The van der Waals surface area contributed by atoms with Gasteiger partial charge in [0.1, 0.15) is 0 Å². The van der Waals surface area contributed by atoms with Crippen molar-refractivity contribution in [3.8, 4) is 0 Å². The van der Waals surface area contributed by atoms with Crippen LogP contribution in [0.4, 0.5) is 26.3 Å². The van der Waals surface area contributed by atoms with Gasteiger partial charge in [0.2, 0.25) is 0 Å². The number of hydrogen-bond donors (Lipinski definition) is 0. The van der Waals surface area contributed by atoms with E-state index >= 15 is 0 Å². The molecule has 68 valence electrons. The molecule has 0 radical (unpaired) electrons. The molecule has 0 saturated heterocycles. The Morgan fingerprint density at radius 2 is 1.00 bits per heavy atom. The van der Waals surface area contributed by atoms with E-state index in [-0.39, 0.29) is 51.4 Å². The molecule has 0 N–H and O–H groups in total. The largest absolute Gasteiger partial charge is 1.00 e. The van der Waals surface area contributed by atoms with Crippen LogP contribution in [-0.4, -0.2) is 18.0 Å². The van der Waals surface area contributed by atoms with Gasteiger partial charge in [-0.15, -0.1) is 0 Å². The Labute approximate surface area is 107 Å². The zero-order valence-corrected chi connectivity index (χ0v) is 9.30. The van der Waals surface area contributed by atoms with E-state index in [1.807, 2.05) is 0 Å². The van der Waals surface area contributed by atoms with Crippen LogP contribution in [0.1, 0.15) is 6.92 Å². The fourth-order valence-electron chi connectivity index (χ4n) is 0.161. The summed E-state index contributed by atoms with van der Waals surface area (Å²) in [5.41, 5.74) is -4.88. The third kappa shape index (κ3) is 3.15. The van der Waals surface area contributed by atoms with Gasteiger partial charge < -0.3 is 5.11 Å². The van der Waals surface area contributed by atoms with E-state index < -0.39 is 24.9 Å². The molecule has 0 aromatic rings. The van der Waals surface area contributed by atoms with Crippen molar-refractivity contribution in [2.45, 2.75) is 24.9 Å². The summed E-state index contributed by atoms with van der Waals surface area (Å²) >= 11 is 0. The molecule has 0 saturated carbocycles. The van der Waals surface area contributed by atoms with Crippen LogP contribution in [0.25, 0.3) is 0 Å². The summed E-state index contributed by atoms with van der Waals surface area (Å²) in [6, 6.07) is 0. The van der Waals surface area contributed by atoms with Crippen LogP contribution in [0.3, 0.4) is 0 Å². The summed E-state index contributed by atoms with van der Waals surface area (Å²) in [6.45, 7) is -0.451. The predicted octanol–water partition coefficient (Wildman–Crippen LogP) is -1.77. The van der Waals surface area contributed by atoms with Crippen molar-refractivity contribution >= 4 is 0 Å². The third-order valence-corrected chi connectivity index (χ3v) is 1.08. The van der Waals surface area contributed by atoms with Crippen LogP contribution in [0.15, 0.2) is 0 Å². The number of alkyl halides is 6. The van der Waals surface area contributed by atoms with Crippen LogP contribution in [-0.2, 0) is 0 Å². The molecule has 0 unspecified atom stereocenters.